The van der Waals surface area contributed by atoms with Gasteiger partial charge in [0.25, 0.3) is 5.69 Å². The van der Waals surface area contributed by atoms with Crippen molar-refractivity contribution in [3.63, 3.8) is 0 Å². The summed E-state index contributed by atoms with van der Waals surface area (Å²) in [6.07, 6.45) is 0. The Labute approximate surface area is 102 Å². The van der Waals surface area contributed by atoms with Gasteiger partial charge in [-0.05, 0) is 13.0 Å². The molecule has 1 atom stereocenters. The molecule has 0 saturated heterocycles. The predicted octanol–water partition coefficient (Wildman–Crippen LogP) is 0.234. The molecule has 1 aromatic carbocycles. The highest BCUT2D eigenvalue weighted by Gasteiger charge is 2.17. The number of hydrogen-bond acceptors (Lipinski definition) is 5. The average molecular weight is 257 g/mol. The largest absolute Gasteiger partial charge is 0.488 e. The van der Waals surface area contributed by atoms with Crippen LogP contribution in [0.1, 0.15) is 5.56 Å². The molecule has 0 fully saturated rings. The monoisotopic (exact) mass is 257 g/mol. The summed E-state index contributed by atoms with van der Waals surface area (Å²) in [5.41, 5.74) is 10.1. The molecule has 0 radical (unpaired) electrons. The minimum atomic E-state index is -1.07. The van der Waals surface area contributed by atoms with Gasteiger partial charge in [-0.3, -0.25) is 14.9 Å². The van der Waals surface area contributed by atoms with Gasteiger partial charge >= 0.3 is 0 Å². The Hall–Kier alpha value is -2.22. The van der Waals surface area contributed by atoms with Crippen LogP contribution in [0.5, 0.6) is 5.75 Å². The molecule has 0 aliphatic carbocycles. The lowest BCUT2D eigenvalue weighted by molar-refractivity contribution is -0.385. The molecule has 8 heteroatoms. The number of halogens is 1. The minimum Gasteiger partial charge on any atom is -0.488 e. The molecule has 0 aliphatic heterocycles. The van der Waals surface area contributed by atoms with E-state index < -0.39 is 22.7 Å². The summed E-state index contributed by atoms with van der Waals surface area (Å²) in [4.78, 5) is 20.5. The Bertz CT molecular complexity index is 492. The standard InChI is InChI=1S/C10H12FN3O4/c1-5-2-9(18-4-7(12)10(13)15)6(11)3-8(5)14(16)17/h2-3,7H,4,12H2,1H3,(H2,13,15). The zero-order chi connectivity index (χ0) is 13.9. The molecule has 1 unspecified atom stereocenters. The SMILES string of the molecule is Cc1cc(OCC(N)C(N)=O)c(F)cc1[N+](=O)[O-]. The average Bonchev–Trinajstić information content (AvgIpc) is 2.28. The number of aryl methyl sites for hydroxylation is 1. The fourth-order valence-corrected chi connectivity index (χ4v) is 1.21. The van der Waals surface area contributed by atoms with E-state index in [0.29, 0.717) is 0 Å². The summed E-state index contributed by atoms with van der Waals surface area (Å²) < 4.78 is 18.4. The Kier molecular flexibility index (Phi) is 4.16. The molecule has 0 saturated carbocycles. The molecule has 7 nitrogen and oxygen atoms in total. The van der Waals surface area contributed by atoms with Gasteiger partial charge in [-0.15, -0.1) is 0 Å². The van der Waals surface area contributed by atoms with Gasteiger partial charge in [0.15, 0.2) is 11.6 Å². The molecule has 1 aromatic rings. The number of nitrogens with two attached hydrogens (primary N) is 2. The van der Waals surface area contributed by atoms with Crippen LogP contribution in [-0.4, -0.2) is 23.5 Å². The molecule has 18 heavy (non-hydrogen) atoms. The highest BCUT2D eigenvalue weighted by atomic mass is 19.1. The first-order chi connectivity index (χ1) is 8.32. The molecule has 1 rings (SSSR count). The highest BCUT2D eigenvalue weighted by molar-refractivity contribution is 5.79. The second kappa shape index (κ2) is 5.41. The third kappa shape index (κ3) is 3.14. The van der Waals surface area contributed by atoms with Crippen molar-refractivity contribution in [1.82, 2.24) is 0 Å². The van der Waals surface area contributed by atoms with Crippen molar-refractivity contribution in [2.75, 3.05) is 6.61 Å². The molecule has 1 amide bonds. The van der Waals surface area contributed by atoms with Gasteiger partial charge in [-0.2, -0.15) is 0 Å². The van der Waals surface area contributed by atoms with Crippen LogP contribution in [0.3, 0.4) is 0 Å². The number of nitro benzene ring substituents is 1. The number of nitro groups is 1. The van der Waals surface area contributed by atoms with E-state index in [1.54, 1.807) is 0 Å². The van der Waals surface area contributed by atoms with Gasteiger partial charge in [0.1, 0.15) is 12.6 Å². The summed E-state index contributed by atoms with van der Waals surface area (Å²) in [6.45, 7) is 1.14. The second-order valence-corrected chi connectivity index (χ2v) is 3.65. The van der Waals surface area contributed by atoms with Crippen molar-refractivity contribution < 1.29 is 18.8 Å². The molecule has 0 aromatic heterocycles. The third-order valence-electron chi connectivity index (χ3n) is 2.23. The maximum Gasteiger partial charge on any atom is 0.275 e. The Morgan fingerprint density at radius 3 is 2.72 bits per heavy atom. The molecule has 0 aliphatic rings. The number of hydrogen-bond donors (Lipinski definition) is 2. The van der Waals surface area contributed by atoms with E-state index in [0.717, 1.165) is 6.07 Å². The fraction of sp³-hybridized carbons (Fsp3) is 0.300. The smallest absolute Gasteiger partial charge is 0.275 e. The second-order valence-electron chi connectivity index (χ2n) is 3.65. The van der Waals surface area contributed by atoms with Gasteiger partial charge in [-0.25, -0.2) is 4.39 Å². The van der Waals surface area contributed by atoms with Crippen LogP contribution in [0.2, 0.25) is 0 Å². The summed E-state index contributed by atoms with van der Waals surface area (Å²) in [7, 11) is 0. The van der Waals surface area contributed by atoms with Gasteiger partial charge in [0.05, 0.1) is 11.0 Å². The van der Waals surface area contributed by atoms with Crippen molar-refractivity contribution >= 4 is 11.6 Å². The van der Waals surface area contributed by atoms with Gasteiger partial charge in [-0.1, -0.05) is 0 Å². The third-order valence-corrected chi connectivity index (χ3v) is 2.23. The summed E-state index contributed by atoms with van der Waals surface area (Å²) in [5.74, 6) is -1.90. The number of ether oxygens (including phenoxy) is 1. The van der Waals surface area contributed by atoms with Gasteiger partial charge < -0.3 is 16.2 Å². The van der Waals surface area contributed by atoms with Crippen LogP contribution in [0, 0.1) is 22.9 Å². The van der Waals surface area contributed by atoms with Crippen LogP contribution >= 0.6 is 0 Å². The number of carbonyl (C=O) groups excluding carboxylic acids is 1. The number of benzene rings is 1. The van der Waals surface area contributed by atoms with Crippen LogP contribution in [0.25, 0.3) is 0 Å². The summed E-state index contributed by atoms with van der Waals surface area (Å²) in [5, 5.41) is 10.6. The number of amides is 1. The van der Waals surface area contributed by atoms with Crippen LogP contribution in [0.15, 0.2) is 12.1 Å². The number of nitrogens with zero attached hydrogens (tertiary/aromatic N) is 1. The Morgan fingerprint density at radius 1 is 1.61 bits per heavy atom. The zero-order valence-corrected chi connectivity index (χ0v) is 9.55. The highest BCUT2D eigenvalue weighted by Crippen LogP contribution is 2.26. The zero-order valence-electron chi connectivity index (χ0n) is 9.55. The maximum absolute atomic E-state index is 13.5. The Balaban J connectivity index is 2.88. The van der Waals surface area contributed by atoms with E-state index in [2.05, 4.69) is 0 Å². The lowest BCUT2D eigenvalue weighted by atomic mass is 10.2. The quantitative estimate of drug-likeness (QED) is 0.577. The Morgan fingerprint density at radius 2 is 2.22 bits per heavy atom. The number of primary amides is 1. The molecule has 0 spiro atoms. The van der Waals surface area contributed by atoms with Gasteiger partial charge in [0, 0.05) is 5.56 Å². The van der Waals surface area contributed by atoms with Crippen molar-refractivity contribution in [3.8, 4) is 5.75 Å². The van der Waals surface area contributed by atoms with Crippen LogP contribution < -0.4 is 16.2 Å². The summed E-state index contributed by atoms with van der Waals surface area (Å²) in [6, 6.07) is 0.849. The van der Waals surface area contributed by atoms with E-state index in [9.17, 15) is 19.3 Å². The fourth-order valence-electron chi connectivity index (χ4n) is 1.21. The van der Waals surface area contributed by atoms with E-state index >= 15 is 0 Å². The molecule has 98 valence electrons. The van der Waals surface area contributed by atoms with Crippen LogP contribution in [-0.2, 0) is 4.79 Å². The van der Waals surface area contributed by atoms with Crippen molar-refractivity contribution in [3.05, 3.63) is 33.6 Å². The van der Waals surface area contributed by atoms with Crippen LogP contribution in [0.4, 0.5) is 10.1 Å². The van der Waals surface area contributed by atoms with E-state index in [-0.39, 0.29) is 23.6 Å². The number of rotatable bonds is 5. The molecule has 0 bridgehead atoms. The number of carbonyl (C=O) groups is 1. The van der Waals surface area contributed by atoms with Crippen molar-refractivity contribution in [2.24, 2.45) is 11.5 Å². The van der Waals surface area contributed by atoms with Gasteiger partial charge in [0.2, 0.25) is 5.91 Å². The lowest BCUT2D eigenvalue weighted by Gasteiger charge is -2.11. The first kappa shape index (κ1) is 13.8. The normalized spacial score (nSPS) is 11.9. The molecule has 4 N–H and O–H groups in total. The lowest BCUT2D eigenvalue weighted by Crippen LogP contribution is -2.41. The first-order valence-corrected chi connectivity index (χ1v) is 4.95. The maximum atomic E-state index is 13.5. The molecular weight excluding hydrogens is 245 g/mol. The predicted molar refractivity (Wildman–Crippen MR) is 60.5 cm³/mol. The van der Waals surface area contributed by atoms with E-state index in [1.165, 1.54) is 13.0 Å². The molecule has 0 heterocycles. The molecular formula is C10H12FN3O4. The topological polar surface area (TPSA) is 121 Å². The van der Waals surface area contributed by atoms with E-state index in [1.807, 2.05) is 0 Å². The van der Waals surface area contributed by atoms with Crippen molar-refractivity contribution in [1.29, 1.82) is 0 Å². The summed E-state index contributed by atoms with van der Waals surface area (Å²) >= 11 is 0. The first-order valence-electron chi connectivity index (χ1n) is 4.95. The minimum absolute atomic E-state index is 0.213. The van der Waals surface area contributed by atoms with Crippen molar-refractivity contribution in [2.45, 2.75) is 13.0 Å². The van der Waals surface area contributed by atoms with E-state index in [4.69, 9.17) is 16.2 Å².